The Hall–Kier alpha value is -3.07. The van der Waals surface area contributed by atoms with Crippen molar-refractivity contribution in [2.45, 2.75) is 32.2 Å². The summed E-state index contributed by atoms with van der Waals surface area (Å²) in [6.45, 7) is 3.33. The van der Waals surface area contributed by atoms with Gasteiger partial charge in [-0.05, 0) is 43.7 Å². The van der Waals surface area contributed by atoms with E-state index in [-0.39, 0.29) is 18.8 Å². The van der Waals surface area contributed by atoms with Crippen LogP contribution in [0, 0.1) is 0 Å². The van der Waals surface area contributed by atoms with Crippen LogP contribution in [0.2, 0.25) is 0 Å². The summed E-state index contributed by atoms with van der Waals surface area (Å²) < 4.78 is 45.5. The molecule has 2 aromatic rings. The molecule has 2 aromatic carbocycles. The van der Waals surface area contributed by atoms with E-state index in [4.69, 9.17) is 4.74 Å². The van der Waals surface area contributed by atoms with Crippen LogP contribution in [0.15, 0.2) is 54.6 Å². The van der Waals surface area contributed by atoms with Crippen molar-refractivity contribution in [3.8, 4) is 5.75 Å². The van der Waals surface area contributed by atoms with Crippen LogP contribution in [-0.2, 0) is 20.7 Å². The number of rotatable bonds is 9. The van der Waals surface area contributed by atoms with Crippen LogP contribution in [0.25, 0.3) is 0 Å². The molecule has 0 spiro atoms. The maximum atomic E-state index is 12.5. The van der Waals surface area contributed by atoms with Gasteiger partial charge in [0.05, 0.1) is 13.2 Å². The predicted molar refractivity (Wildman–Crippen MR) is 105 cm³/mol. The molecule has 0 aliphatic rings. The quantitative estimate of drug-likeness (QED) is 0.601. The Balaban J connectivity index is 1.98. The van der Waals surface area contributed by atoms with Crippen LogP contribution in [0.4, 0.5) is 18.9 Å². The number of nitrogens with one attached hydrogen (secondary N) is 2. The van der Waals surface area contributed by atoms with E-state index in [1.54, 1.807) is 13.8 Å². The number of esters is 1. The van der Waals surface area contributed by atoms with Gasteiger partial charge in [-0.2, -0.15) is 0 Å². The van der Waals surface area contributed by atoms with E-state index in [1.165, 1.54) is 12.1 Å². The lowest BCUT2D eigenvalue weighted by molar-refractivity contribution is -0.274. The predicted octanol–water partition coefficient (Wildman–Crippen LogP) is 3.68. The molecule has 0 heterocycles. The summed E-state index contributed by atoms with van der Waals surface area (Å²) in [5.41, 5.74) is 0.0393. The number of anilines is 1. The molecule has 0 bridgehead atoms. The van der Waals surface area contributed by atoms with Gasteiger partial charge in [0.15, 0.2) is 0 Å². The molecule has 0 saturated heterocycles. The number of ether oxygens (including phenoxy) is 2. The molecule has 1 amide bonds. The van der Waals surface area contributed by atoms with Crippen LogP contribution in [-0.4, -0.2) is 36.9 Å². The fraction of sp³-hybridized carbons (Fsp3) is 0.333. The Kier molecular flexibility index (Phi) is 7.82. The van der Waals surface area contributed by atoms with Crippen molar-refractivity contribution in [2.24, 2.45) is 0 Å². The minimum Gasteiger partial charge on any atom is -0.465 e. The molecule has 9 heteroatoms. The molecule has 2 N–H and O–H groups in total. The Bertz CT molecular complexity index is 842. The summed E-state index contributed by atoms with van der Waals surface area (Å²) in [4.78, 5) is 24.7. The van der Waals surface area contributed by atoms with Gasteiger partial charge in [-0.3, -0.25) is 14.9 Å². The lowest BCUT2D eigenvalue weighted by Crippen LogP contribution is -2.54. The summed E-state index contributed by atoms with van der Waals surface area (Å²) in [5, 5.41) is 5.48. The molecule has 0 radical (unpaired) electrons. The zero-order chi connectivity index (χ0) is 22.2. The maximum Gasteiger partial charge on any atom is 0.573 e. The van der Waals surface area contributed by atoms with Crippen molar-refractivity contribution >= 4 is 17.6 Å². The lowest BCUT2D eigenvalue weighted by Gasteiger charge is -2.28. The van der Waals surface area contributed by atoms with Crippen molar-refractivity contribution in [1.29, 1.82) is 0 Å². The number of halogens is 3. The lowest BCUT2D eigenvalue weighted by atomic mass is 9.92. The molecule has 0 saturated carbocycles. The fourth-order valence-corrected chi connectivity index (χ4v) is 2.72. The highest BCUT2D eigenvalue weighted by Crippen LogP contribution is 2.24. The summed E-state index contributed by atoms with van der Waals surface area (Å²) in [5.74, 6) is -1.35. The highest BCUT2D eigenvalue weighted by Gasteiger charge is 2.35. The Morgan fingerprint density at radius 1 is 1.00 bits per heavy atom. The minimum absolute atomic E-state index is 0.198. The van der Waals surface area contributed by atoms with Crippen LogP contribution >= 0.6 is 0 Å². The third kappa shape index (κ3) is 7.40. The van der Waals surface area contributed by atoms with Crippen molar-refractivity contribution in [1.82, 2.24) is 5.32 Å². The monoisotopic (exact) mass is 424 g/mol. The Labute approximate surface area is 172 Å². The molecule has 0 aliphatic heterocycles. The Morgan fingerprint density at radius 2 is 1.63 bits per heavy atom. The first kappa shape index (κ1) is 23.2. The number of hydrogen-bond donors (Lipinski definition) is 2. The molecule has 0 aliphatic carbocycles. The molecular weight excluding hydrogens is 401 g/mol. The molecule has 0 unspecified atom stereocenters. The van der Waals surface area contributed by atoms with Gasteiger partial charge < -0.3 is 14.8 Å². The highest BCUT2D eigenvalue weighted by molar-refractivity contribution is 5.93. The topological polar surface area (TPSA) is 76.7 Å². The second-order valence-corrected chi connectivity index (χ2v) is 6.69. The summed E-state index contributed by atoms with van der Waals surface area (Å²) in [7, 11) is 0. The molecule has 1 atom stereocenters. The van der Waals surface area contributed by atoms with E-state index in [0.717, 1.165) is 17.7 Å². The van der Waals surface area contributed by atoms with E-state index >= 15 is 0 Å². The largest absolute Gasteiger partial charge is 0.573 e. The van der Waals surface area contributed by atoms with Crippen LogP contribution in [0.1, 0.15) is 19.4 Å². The van der Waals surface area contributed by atoms with E-state index in [1.807, 2.05) is 30.3 Å². The fourth-order valence-electron chi connectivity index (χ4n) is 2.72. The zero-order valence-corrected chi connectivity index (χ0v) is 16.6. The van der Waals surface area contributed by atoms with Crippen LogP contribution in [0.3, 0.4) is 0 Å². The standard InChI is InChI=1S/C21H23F3N2O4/c1-3-29-19(28)20(2,13-15-7-5-4-6-8-15)25-14-18(27)26-16-9-11-17(12-10-16)30-21(22,23)24/h4-12,25H,3,13-14H2,1-2H3,(H,26,27)/t20-/m1/s1. The van der Waals surface area contributed by atoms with Crippen LogP contribution in [0.5, 0.6) is 5.75 Å². The van der Waals surface area contributed by atoms with E-state index in [9.17, 15) is 22.8 Å². The first-order valence-electron chi connectivity index (χ1n) is 9.23. The first-order chi connectivity index (χ1) is 14.1. The van der Waals surface area contributed by atoms with Gasteiger partial charge in [0.1, 0.15) is 11.3 Å². The smallest absolute Gasteiger partial charge is 0.465 e. The Morgan fingerprint density at radius 3 is 2.20 bits per heavy atom. The van der Waals surface area contributed by atoms with Crippen molar-refractivity contribution in [3.63, 3.8) is 0 Å². The van der Waals surface area contributed by atoms with Gasteiger partial charge >= 0.3 is 12.3 Å². The zero-order valence-electron chi connectivity index (χ0n) is 16.6. The molecule has 0 fully saturated rings. The maximum absolute atomic E-state index is 12.5. The molecule has 6 nitrogen and oxygen atoms in total. The second-order valence-electron chi connectivity index (χ2n) is 6.69. The van der Waals surface area contributed by atoms with E-state index in [0.29, 0.717) is 6.42 Å². The number of hydrogen-bond acceptors (Lipinski definition) is 5. The van der Waals surface area contributed by atoms with Gasteiger partial charge in [-0.15, -0.1) is 13.2 Å². The summed E-state index contributed by atoms with van der Waals surface area (Å²) in [6, 6.07) is 14.0. The van der Waals surface area contributed by atoms with Crippen LogP contribution < -0.4 is 15.4 Å². The van der Waals surface area contributed by atoms with Gasteiger partial charge in [0.25, 0.3) is 0 Å². The molecular formula is C21H23F3N2O4. The molecule has 162 valence electrons. The SMILES string of the molecule is CCOC(=O)[C@@](C)(Cc1ccccc1)NCC(=O)Nc1ccc(OC(F)(F)F)cc1. The van der Waals surface area contributed by atoms with Gasteiger partial charge in [0, 0.05) is 12.1 Å². The highest BCUT2D eigenvalue weighted by atomic mass is 19.4. The number of benzene rings is 2. The van der Waals surface area contributed by atoms with Crippen molar-refractivity contribution in [2.75, 3.05) is 18.5 Å². The summed E-state index contributed by atoms with van der Waals surface area (Å²) >= 11 is 0. The van der Waals surface area contributed by atoms with Crippen molar-refractivity contribution < 1.29 is 32.2 Å². The average Bonchev–Trinajstić information content (AvgIpc) is 2.68. The van der Waals surface area contributed by atoms with E-state index in [2.05, 4.69) is 15.4 Å². The third-order valence-electron chi connectivity index (χ3n) is 4.14. The number of amides is 1. The normalized spacial score (nSPS) is 13.2. The molecule has 0 aromatic heterocycles. The van der Waals surface area contributed by atoms with Gasteiger partial charge in [-0.25, -0.2) is 0 Å². The van der Waals surface area contributed by atoms with Crippen molar-refractivity contribution in [3.05, 3.63) is 60.2 Å². The second kappa shape index (κ2) is 10.1. The average molecular weight is 424 g/mol. The van der Waals surface area contributed by atoms with E-state index < -0.39 is 29.5 Å². The summed E-state index contributed by atoms with van der Waals surface area (Å²) in [6.07, 6.45) is -4.48. The molecule has 2 rings (SSSR count). The van der Waals surface area contributed by atoms with Gasteiger partial charge in [-0.1, -0.05) is 30.3 Å². The molecule has 30 heavy (non-hydrogen) atoms. The van der Waals surface area contributed by atoms with Gasteiger partial charge in [0.2, 0.25) is 5.91 Å². The minimum atomic E-state index is -4.79. The third-order valence-corrected chi connectivity index (χ3v) is 4.14. The number of alkyl halides is 3. The first-order valence-corrected chi connectivity index (χ1v) is 9.23. The number of carbonyl (C=O) groups is 2. The number of carbonyl (C=O) groups excluding carboxylic acids is 2.